The second-order valence-electron chi connectivity index (χ2n) is 12.7. The Kier molecular flexibility index (Phi) is 8.97. The molecular formula is C35H42N2O6. The van der Waals surface area contributed by atoms with Gasteiger partial charge in [0.15, 0.2) is 0 Å². The Bertz CT molecular complexity index is 1450. The van der Waals surface area contributed by atoms with E-state index in [1.165, 1.54) is 7.11 Å². The second kappa shape index (κ2) is 12.7. The summed E-state index contributed by atoms with van der Waals surface area (Å²) in [6.45, 7) is 11.4. The largest absolute Gasteiger partial charge is 0.489 e. The lowest BCUT2D eigenvalue weighted by Gasteiger charge is -2.48. The summed E-state index contributed by atoms with van der Waals surface area (Å²) in [5, 5.41) is 2.95. The van der Waals surface area contributed by atoms with Crippen LogP contribution in [-0.2, 0) is 32.0 Å². The van der Waals surface area contributed by atoms with Gasteiger partial charge in [-0.1, -0.05) is 36.4 Å². The van der Waals surface area contributed by atoms with Crippen LogP contribution in [0.25, 0.3) is 11.1 Å². The zero-order valence-corrected chi connectivity index (χ0v) is 25.8. The molecule has 3 aromatic rings. The first-order chi connectivity index (χ1) is 20.5. The third-order valence-corrected chi connectivity index (χ3v) is 7.96. The van der Waals surface area contributed by atoms with Crippen molar-refractivity contribution in [3.8, 4) is 16.9 Å². The fourth-order valence-electron chi connectivity index (χ4n) is 5.69. The average Bonchev–Trinajstić information content (AvgIpc) is 3.45. The number of methoxy groups -OCH3 is 1. The van der Waals surface area contributed by atoms with E-state index in [1.54, 1.807) is 0 Å². The highest BCUT2D eigenvalue weighted by Gasteiger charge is 2.46. The summed E-state index contributed by atoms with van der Waals surface area (Å²) in [4.78, 5) is 26.8. The normalized spacial score (nSPS) is 16.3. The highest BCUT2D eigenvalue weighted by atomic mass is 16.6. The van der Waals surface area contributed by atoms with Crippen molar-refractivity contribution in [2.24, 2.45) is 5.41 Å². The number of carbonyl (C=O) groups excluding carboxylic acids is 2. The Morgan fingerprint density at radius 2 is 1.81 bits per heavy atom. The SMILES string of the molecule is COC(=O)Cc1ccccc1OCc1cc(-c2cccc(C(C)NC(=O)OC(C)(C)C)c2)cc(N2CC3(CCOC3)C2)c1. The lowest BCUT2D eigenvalue weighted by atomic mass is 9.79. The number of esters is 1. The van der Waals surface area contributed by atoms with Crippen LogP contribution >= 0.6 is 0 Å². The molecule has 1 unspecified atom stereocenters. The van der Waals surface area contributed by atoms with Crippen molar-refractivity contribution in [2.75, 3.05) is 38.3 Å². The number of hydrogen-bond acceptors (Lipinski definition) is 7. The van der Waals surface area contributed by atoms with Gasteiger partial charge in [0.25, 0.3) is 0 Å². The summed E-state index contributed by atoms with van der Waals surface area (Å²) >= 11 is 0. The van der Waals surface area contributed by atoms with Crippen molar-refractivity contribution in [3.05, 3.63) is 83.4 Å². The Morgan fingerprint density at radius 3 is 2.53 bits per heavy atom. The fourth-order valence-corrected chi connectivity index (χ4v) is 5.69. The number of amides is 1. The van der Waals surface area contributed by atoms with E-state index in [2.05, 4.69) is 40.5 Å². The number of hydrogen-bond donors (Lipinski definition) is 1. The van der Waals surface area contributed by atoms with Crippen LogP contribution in [0, 0.1) is 5.41 Å². The number of nitrogens with zero attached hydrogens (tertiary/aromatic N) is 1. The van der Waals surface area contributed by atoms with Gasteiger partial charge in [0.1, 0.15) is 18.0 Å². The number of ether oxygens (including phenoxy) is 4. The maximum absolute atomic E-state index is 12.4. The second-order valence-corrected chi connectivity index (χ2v) is 12.7. The summed E-state index contributed by atoms with van der Waals surface area (Å²) in [5.41, 5.74) is 5.73. The van der Waals surface area contributed by atoms with Gasteiger partial charge in [-0.05, 0) is 86.7 Å². The van der Waals surface area contributed by atoms with E-state index >= 15 is 0 Å². The summed E-state index contributed by atoms with van der Waals surface area (Å²) < 4.78 is 22.3. The van der Waals surface area contributed by atoms with E-state index in [1.807, 2.05) is 64.1 Å². The fraction of sp³-hybridized carbons (Fsp3) is 0.429. The molecule has 1 N–H and O–H groups in total. The molecule has 1 spiro atoms. The molecule has 5 rings (SSSR count). The molecule has 2 fully saturated rings. The van der Waals surface area contributed by atoms with Crippen molar-refractivity contribution < 1.29 is 28.5 Å². The van der Waals surface area contributed by atoms with Gasteiger partial charge >= 0.3 is 12.1 Å². The maximum atomic E-state index is 12.4. The van der Waals surface area contributed by atoms with Gasteiger partial charge in [0, 0.05) is 36.4 Å². The first-order valence-electron chi connectivity index (χ1n) is 14.9. The van der Waals surface area contributed by atoms with Gasteiger partial charge in [0.05, 0.1) is 26.2 Å². The molecule has 0 saturated carbocycles. The molecule has 0 aliphatic carbocycles. The van der Waals surface area contributed by atoms with Crippen LogP contribution in [0.1, 0.15) is 56.8 Å². The quantitative estimate of drug-likeness (QED) is 0.288. The van der Waals surface area contributed by atoms with E-state index in [-0.39, 0.29) is 23.8 Å². The number of rotatable bonds is 9. The van der Waals surface area contributed by atoms with Crippen molar-refractivity contribution in [3.63, 3.8) is 0 Å². The summed E-state index contributed by atoms with van der Waals surface area (Å²) in [7, 11) is 1.39. The lowest BCUT2D eigenvalue weighted by molar-refractivity contribution is -0.139. The van der Waals surface area contributed by atoms with E-state index in [0.29, 0.717) is 12.4 Å². The minimum Gasteiger partial charge on any atom is -0.489 e. The number of para-hydroxylation sites is 1. The van der Waals surface area contributed by atoms with Crippen LogP contribution < -0.4 is 15.0 Å². The van der Waals surface area contributed by atoms with E-state index < -0.39 is 11.7 Å². The topological polar surface area (TPSA) is 86.3 Å². The minimum absolute atomic E-state index is 0.151. The van der Waals surface area contributed by atoms with Crippen molar-refractivity contribution in [1.29, 1.82) is 0 Å². The third kappa shape index (κ3) is 7.68. The Hall–Kier alpha value is -4.04. The molecule has 1 amide bonds. The Balaban J connectivity index is 1.39. The molecule has 2 heterocycles. The number of carbonyl (C=O) groups is 2. The van der Waals surface area contributed by atoms with E-state index in [9.17, 15) is 9.59 Å². The predicted molar refractivity (Wildman–Crippen MR) is 166 cm³/mol. The zero-order chi connectivity index (χ0) is 30.6. The number of alkyl carbamates (subject to hydrolysis) is 1. The zero-order valence-electron chi connectivity index (χ0n) is 25.8. The van der Waals surface area contributed by atoms with Crippen LogP contribution in [-0.4, -0.2) is 51.1 Å². The Labute approximate surface area is 254 Å². The maximum Gasteiger partial charge on any atom is 0.408 e. The number of nitrogens with one attached hydrogen (secondary N) is 1. The lowest BCUT2D eigenvalue weighted by Crippen LogP contribution is -2.57. The van der Waals surface area contributed by atoms with Crippen LogP contribution in [0.4, 0.5) is 10.5 Å². The molecule has 2 aliphatic heterocycles. The molecule has 3 aromatic carbocycles. The van der Waals surface area contributed by atoms with Gasteiger partial charge < -0.3 is 29.2 Å². The van der Waals surface area contributed by atoms with Crippen LogP contribution in [0.5, 0.6) is 5.75 Å². The molecule has 0 aromatic heterocycles. The van der Waals surface area contributed by atoms with E-state index in [0.717, 1.165) is 66.2 Å². The van der Waals surface area contributed by atoms with Crippen LogP contribution in [0.15, 0.2) is 66.7 Å². The van der Waals surface area contributed by atoms with Crippen LogP contribution in [0.2, 0.25) is 0 Å². The molecule has 2 saturated heterocycles. The van der Waals surface area contributed by atoms with Crippen molar-refractivity contribution in [1.82, 2.24) is 5.32 Å². The van der Waals surface area contributed by atoms with Gasteiger partial charge in [-0.15, -0.1) is 0 Å². The molecule has 228 valence electrons. The average molecular weight is 587 g/mol. The van der Waals surface area contributed by atoms with Gasteiger partial charge in [-0.3, -0.25) is 4.79 Å². The molecule has 0 bridgehead atoms. The molecular weight excluding hydrogens is 544 g/mol. The molecule has 43 heavy (non-hydrogen) atoms. The Morgan fingerprint density at radius 1 is 1.02 bits per heavy atom. The molecule has 2 aliphatic rings. The molecule has 0 radical (unpaired) electrons. The summed E-state index contributed by atoms with van der Waals surface area (Å²) in [6.07, 6.45) is 0.806. The first kappa shape index (κ1) is 30.4. The smallest absolute Gasteiger partial charge is 0.408 e. The first-order valence-corrected chi connectivity index (χ1v) is 14.9. The third-order valence-electron chi connectivity index (χ3n) is 7.96. The summed E-state index contributed by atoms with van der Waals surface area (Å²) in [6, 6.07) is 22.1. The van der Waals surface area contributed by atoms with Crippen LogP contribution in [0.3, 0.4) is 0 Å². The van der Waals surface area contributed by atoms with E-state index in [4.69, 9.17) is 18.9 Å². The van der Waals surface area contributed by atoms with Gasteiger partial charge in [0.2, 0.25) is 0 Å². The minimum atomic E-state index is -0.565. The summed E-state index contributed by atoms with van der Waals surface area (Å²) in [5.74, 6) is 0.355. The van der Waals surface area contributed by atoms with Gasteiger partial charge in [-0.25, -0.2) is 4.79 Å². The van der Waals surface area contributed by atoms with Crippen molar-refractivity contribution >= 4 is 17.7 Å². The number of benzene rings is 3. The standard InChI is InChI=1S/C35H42N2O6/c1-24(36-33(39)43-34(2,3)4)26-10-8-11-27(17-26)29-15-25(16-30(18-29)37-21-35(22-37)13-14-41-23-35)20-42-31-12-7-6-9-28(31)19-32(38)40-5/h6-12,15-18,24H,13-14,19-23H2,1-5H3,(H,36,39). The molecule has 8 heteroatoms. The highest BCUT2D eigenvalue weighted by molar-refractivity contribution is 5.74. The van der Waals surface area contributed by atoms with Crippen molar-refractivity contribution in [2.45, 2.75) is 58.8 Å². The monoisotopic (exact) mass is 586 g/mol. The molecule has 1 atom stereocenters. The predicted octanol–water partition coefficient (Wildman–Crippen LogP) is 6.46. The van der Waals surface area contributed by atoms with Gasteiger partial charge in [-0.2, -0.15) is 0 Å². The number of anilines is 1. The molecule has 8 nitrogen and oxygen atoms in total. The highest BCUT2D eigenvalue weighted by Crippen LogP contribution is 2.42.